The number of hydrogen-bond donors (Lipinski definition) is 2. The molecule has 15 heavy (non-hydrogen) atoms. The van der Waals surface area contributed by atoms with Crippen molar-refractivity contribution in [1.29, 1.82) is 0 Å². The number of methoxy groups -OCH3 is 2. The van der Waals surface area contributed by atoms with E-state index in [4.69, 9.17) is 15.2 Å². The Bertz CT molecular complexity index is 320. The van der Waals surface area contributed by atoms with Crippen molar-refractivity contribution >= 4 is 11.8 Å². The molecule has 1 rings (SSSR count). The second-order valence-electron chi connectivity index (χ2n) is 2.82. The van der Waals surface area contributed by atoms with E-state index >= 15 is 0 Å². The molecule has 0 aromatic heterocycles. The molecule has 0 fully saturated rings. The minimum Gasteiger partial charge on any atom is -0.497 e. The molecule has 0 bridgehead atoms. The highest BCUT2D eigenvalue weighted by Crippen LogP contribution is 2.34. The minimum atomic E-state index is -0.633. The van der Waals surface area contributed by atoms with Gasteiger partial charge in [-0.2, -0.15) is 0 Å². The topological polar surface area (TPSA) is 64.7 Å². The highest BCUT2D eigenvalue weighted by molar-refractivity contribution is 7.99. The average molecular weight is 229 g/mol. The lowest BCUT2D eigenvalue weighted by molar-refractivity contribution is 0.271. The zero-order valence-corrected chi connectivity index (χ0v) is 9.58. The Balaban J connectivity index is 2.90. The van der Waals surface area contributed by atoms with Crippen LogP contribution in [-0.4, -0.2) is 31.3 Å². The van der Waals surface area contributed by atoms with Crippen molar-refractivity contribution in [2.75, 3.05) is 20.8 Å². The van der Waals surface area contributed by atoms with Gasteiger partial charge in [-0.15, -0.1) is 0 Å². The normalized spacial score (nSPS) is 12.3. The molecule has 0 radical (unpaired) electrons. The number of nitrogens with two attached hydrogens (primary N) is 1. The van der Waals surface area contributed by atoms with E-state index in [0.29, 0.717) is 5.75 Å². The first-order chi connectivity index (χ1) is 7.21. The molecule has 1 atom stereocenters. The molecule has 0 aliphatic rings. The number of benzene rings is 1. The maximum atomic E-state index is 9.44. The summed E-state index contributed by atoms with van der Waals surface area (Å²) in [6, 6.07) is 5.41. The summed E-state index contributed by atoms with van der Waals surface area (Å²) in [7, 11) is 3.18. The molecule has 0 spiro atoms. The Morgan fingerprint density at radius 2 is 2.13 bits per heavy atom. The third kappa shape index (κ3) is 3.30. The number of aliphatic hydroxyl groups is 1. The van der Waals surface area contributed by atoms with Crippen LogP contribution in [0.1, 0.15) is 0 Å². The first kappa shape index (κ1) is 12.2. The maximum absolute atomic E-state index is 9.44. The Labute approximate surface area is 93.4 Å². The van der Waals surface area contributed by atoms with Gasteiger partial charge in [-0.1, -0.05) is 11.8 Å². The third-order valence-electron chi connectivity index (χ3n) is 1.84. The second kappa shape index (κ2) is 5.85. The predicted molar refractivity (Wildman–Crippen MR) is 60.5 cm³/mol. The summed E-state index contributed by atoms with van der Waals surface area (Å²) >= 11 is 1.25. The van der Waals surface area contributed by atoms with Crippen LogP contribution in [-0.2, 0) is 0 Å². The van der Waals surface area contributed by atoms with Crippen LogP contribution < -0.4 is 15.2 Å². The van der Waals surface area contributed by atoms with Gasteiger partial charge in [-0.25, -0.2) is 0 Å². The van der Waals surface area contributed by atoms with Crippen molar-refractivity contribution in [1.82, 2.24) is 0 Å². The Morgan fingerprint density at radius 3 is 2.67 bits per heavy atom. The van der Waals surface area contributed by atoms with Gasteiger partial charge in [-0.05, 0) is 18.2 Å². The van der Waals surface area contributed by atoms with E-state index in [2.05, 4.69) is 0 Å². The molecular formula is C10H15NO3S. The molecule has 84 valence electrons. The van der Waals surface area contributed by atoms with Crippen LogP contribution in [0.3, 0.4) is 0 Å². The molecule has 3 N–H and O–H groups in total. The summed E-state index contributed by atoms with van der Waals surface area (Å²) in [4.78, 5) is 0.815. The van der Waals surface area contributed by atoms with Crippen LogP contribution in [0, 0.1) is 0 Å². The quantitative estimate of drug-likeness (QED) is 0.584. The lowest BCUT2D eigenvalue weighted by Gasteiger charge is -2.12. The molecule has 0 heterocycles. The molecule has 5 heteroatoms. The summed E-state index contributed by atoms with van der Waals surface area (Å²) in [6.07, 6.45) is 0. The zero-order chi connectivity index (χ0) is 11.3. The fourth-order valence-corrected chi connectivity index (χ4v) is 1.91. The predicted octanol–water partition coefficient (Wildman–Crippen LogP) is 1.07. The molecule has 0 aliphatic heterocycles. The van der Waals surface area contributed by atoms with Crippen molar-refractivity contribution in [2.24, 2.45) is 5.73 Å². The lowest BCUT2D eigenvalue weighted by Crippen LogP contribution is -2.15. The maximum Gasteiger partial charge on any atom is 0.132 e. The highest BCUT2D eigenvalue weighted by atomic mass is 32.2. The summed E-state index contributed by atoms with van der Waals surface area (Å²) in [5.74, 6) is 1.43. The van der Waals surface area contributed by atoms with E-state index < -0.39 is 5.44 Å². The molecule has 4 nitrogen and oxygen atoms in total. The number of rotatable bonds is 5. The van der Waals surface area contributed by atoms with Gasteiger partial charge in [0.15, 0.2) is 0 Å². The Morgan fingerprint density at radius 1 is 1.40 bits per heavy atom. The number of aliphatic hydroxyl groups excluding tert-OH is 1. The van der Waals surface area contributed by atoms with Crippen LogP contribution in [0.2, 0.25) is 0 Å². The molecule has 0 aliphatic carbocycles. The lowest BCUT2D eigenvalue weighted by atomic mass is 10.3. The standard InChI is InChI=1S/C10H15NO3S/c1-13-7-3-4-8(14-2)9(5-7)15-10(12)6-11/h3-5,10,12H,6,11H2,1-2H3. The van der Waals surface area contributed by atoms with Crippen LogP contribution in [0.15, 0.2) is 23.1 Å². The van der Waals surface area contributed by atoms with E-state index in [0.717, 1.165) is 10.6 Å². The Kier molecular flexibility index (Phi) is 4.74. The minimum absolute atomic E-state index is 0.199. The first-order valence-electron chi connectivity index (χ1n) is 4.48. The van der Waals surface area contributed by atoms with E-state index in [-0.39, 0.29) is 6.54 Å². The van der Waals surface area contributed by atoms with Crippen molar-refractivity contribution in [3.8, 4) is 11.5 Å². The van der Waals surface area contributed by atoms with E-state index in [1.54, 1.807) is 26.4 Å². The van der Waals surface area contributed by atoms with Crippen LogP contribution in [0.5, 0.6) is 11.5 Å². The number of hydrogen-bond acceptors (Lipinski definition) is 5. The van der Waals surface area contributed by atoms with Crippen molar-refractivity contribution < 1.29 is 14.6 Å². The van der Waals surface area contributed by atoms with Crippen LogP contribution >= 0.6 is 11.8 Å². The second-order valence-corrected chi connectivity index (χ2v) is 4.04. The van der Waals surface area contributed by atoms with Crippen molar-refractivity contribution in [3.05, 3.63) is 18.2 Å². The monoisotopic (exact) mass is 229 g/mol. The average Bonchev–Trinajstić information content (AvgIpc) is 2.28. The Hall–Kier alpha value is -0.910. The van der Waals surface area contributed by atoms with Crippen LogP contribution in [0.4, 0.5) is 0 Å². The smallest absolute Gasteiger partial charge is 0.132 e. The molecular weight excluding hydrogens is 214 g/mol. The summed E-state index contributed by atoms with van der Waals surface area (Å²) < 4.78 is 10.2. The van der Waals surface area contributed by atoms with E-state index in [9.17, 15) is 5.11 Å². The van der Waals surface area contributed by atoms with Gasteiger partial charge in [0.1, 0.15) is 16.9 Å². The SMILES string of the molecule is COc1ccc(OC)c(SC(O)CN)c1. The molecule has 0 amide bonds. The van der Waals surface area contributed by atoms with E-state index in [1.165, 1.54) is 11.8 Å². The van der Waals surface area contributed by atoms with Crippen LogP contribution in [0.25, 0.3) is 0 Å². The first-order valence-corrected chi connectivity index (χ1v) is 5.36. The van der Waals surface area contributed by atoms with E-state index in [1.807, 2.05) is 6.07 Å². The van der Waals surface area contributed by atoms with Gasteiger partial charge in [0.2, 0.25) is 0 Å². The van der Waals surface area contributed by atoms with Gasteiger partial charge < -0.3 is 20.3 Å². The van der Waals surface area contributed by atoms with Gasteiger partial charge in [0, 0.05) is 6.54 Å². The summed E-state index contributed by atoms with van der Waals surface area (Å²) in [5.41, 5.74) is 4.71. The molecule has 1 aromatic carbocycles. The van der Waals surface area contributed by atoms with Crippen molar-refractivity contribution in [3.63, 3.8) is 0 Å². The molecule has 0 saturated carbocycles. The summed E-state index contributed by atoms with van der Waals surface area (Å²) in [5, 5.41) is 9.44. The van der Waals surface area contributed by atoms with Gasteiger partial charge in [0.05, 0.1) is 19.1 Å². The molecule has 1 aromatic rings. The van der Waals surface area contributed by atoms with Gasteiger partial charge in [0.25, 0.3) is 0 Å². The molecule has 0 saturated heterocycles. The fourth-order valence-electron chi connectivity index (χ4n) is 1.07. The third-order valence-corrected chi connectivity index (χ3v) is 2.87. The number of ether oxygens (including phenoxy) is 2. The zero-order valence-electron chi connectivity index (χ0n) is 8.77. The fraction of sp³-hybridized carbons (Fsp3) is 0.400. The van der Waals surface area contributed by atoms with Gasteiger partial charge in [-0.3, -0.25) is 0 Å². The largest absolute Gasteiger partial charge is 0.497 e. The van der Waals surface area contributed by atoms with Gasteiger partial charge >= 0.3 is 0 Å². The molecule has 1 unspecified atom stereocenters. The summed E-state index contributed by atoms with van der Waals surface area (Å²) in [6.45, 7) is 0.199. The number of thioether (sulfide) groups is 1. The van der Waals surface area contributed by atoms with Crippen molar-refractivity contribution in [2.45, 2.75) is 10.3 Å². The highest BCUT2D eigenvalue weighted by Gasteiger charge is 2.10.